The van der Waals surface area contributed by atoms with Gasteiger partial charge in [-0.25, -0.2) is 0 Å². The number of fused-ring (bicyclic) bond motifs is 1. The van der Waals surface area contributed by atoms with Crippen molar-refractivity contribution in [2.45, 2.75) is 57.9 Å². The molecule has 0 amide bonds. The first kappa shape index (κ1) is 18.0. The van der Waals surface area contributed by atoms with Crippen LogP contribution in [0.15, 0.2) is 24.3 Å². The predicted octanol–water partition coefficient (Wildman–Crippen LogP) is 5.26. The number of hydrogen-bond donors (Lipinski definition) is 1. The number of ether oxygens (including phenoxy) is 1. The van der Waals surface area contributed by atoms with Crippen LogP contribution in [-0.2, 0) is 6.18 Å². The molecule has 0 spiro atoms. The van der Waals surface area contributed by atoms with E-state index in [1.54, 1.807) is 0 Å². The Balaban J connectivity index is 2.01. The minimum atomic E-state index is -4.54. The lowest BCUT2D eigenvalue weighted by Crippen LogP contribution is -2.24. The zero-order valence-corrected chi connectivity index (χ0v) is 14.3. The zero-order chi connectivity index (χ0) is 18.2. The molecule has 1 heterocycles. The summed E-state index contributed by atoms with van der Waals surface area (Å²) in [6.07, 6.45) is -2.06. The lowest BCUT2D eigenvalue weighted by molar-refractivity contribution is -0.138. The first-order chi connectivity index (χ1) is 11.8. The number of nitrogens with zero attached hydrogens (tertiary/aromatic N) is 1. The lowest BCUT2D eigenvalue weighted by Gasteiger charge is -2.28. The molecule has 1 unspecified atom stereocenters. The number of aliphatic hydroxyl groups is 1. The number of rotatable bonds is 3. The molecule has 0 aliphatic heterocycles. The molecule has 1 aromatic heterocycles. The predicted molar refractivity (Wildman–Crippen MR) is 89.4 cm³/mol. The van der Waals surface area contributed by atoms with Crippen molar-refractivity contribution in [3.8, 4) is 5.75 Å². The van der Waals surface area contributed by atoms with Crippen LogP contribution in [0.2, 0.25) is 0 Å². The van der Waals surface area contributed by atoms with E-state index in [2.05, 4.69) is 11.9 Å². The highest BCUT2D eigenvalue weighted by Crippen LogP contribution is 2.42. The largest absolute Gasteiger partial charge is 0.490 e. The summed E-state index contributed by atoms with van der Waals surface area (Å²) < 4.78 is 46.8. The Morgan fingerprint density at radius 1 is 1.12 bits per heavy atom. The number of pyridine rings is 1. The van der Waals surface area contributed by atoms with Crippen LogP contribution >= 0.6 is 0 Å². The molecule has 0 radical (unpaired) electrons. The van der Waals surface area contributed by atoms with Gasteiger partial charge in [-0.05, 0) is 56.7 Å². The summed E-state index contributed by atoms with van der Waals surface area (Å²) in [5.74, 6) is 0.466. The van der Waals surface area contributed by atoms with Crippen LogP contribution in [0.5, 0.6) is 5.75 Å². The van der Waals surface area contributed by atoms with Crippen LogP contribution in [0.4, 0.5) is 13.2 Å². The second-order valence-corrected chi connectivity index (χ2v) is 6.91. The molecular formula is C19H22F3NO2. The Labute approximate surface area is 144 Å². The number of benzene rings is 1. The Bertz CT molecular complexity index is 750. The number of alkyl halides is 3. The van der Waals surface area contributed by atoms with E-state index in [0.717, 1.165) is 25.7 Å². The van der Waals surface area contributed by atoms with E-state index < -0.39 is 17.8 Å². The standard InChI is InChI=1S/C19H22F3NO2/c1-11-3-5-13(6-4-11)25-17-10-9-16-14(18(17)19(20,21)22)7-8-15(23-16)12(2)24/h7-13,24H,3-6H2,1-2H3/t11-,12?,13+. The Morgan fingerprint density at radius 3 is 2.40 bits per heavy atom. The van der Waals surface area contributed by atoms with Gasteiger partial charge in [-0.15, -0.1) is 0 Å². The molecule has 1 N–H and O–H groups in total. The van der Waals surface area contributed by atoms with Crippen LogP contribution in [0, 0.1) is 5.92 Å². The molecule has 1 atom stereocenters. The molecule has 1 aliphatic rings. The SMILES string of the molecule is CC(O)c1ccc2c(C(F)(F)F)c(O[C@H]3CC[C@@H](C)CC3)ccc2n1. The number of hydrogen-bond acceptors (Lipinski definition) is 3. The molecule has 3 nitrogen and oxygen atoms in total. The summed E-state index contributed by atoms with van der Waals surface area (Å²) in [6.45, 7) is 3.68. The molecular weight excluding hydrogens is 331 g/mol. The molecule has 1 aromatic carbocycles. The fraction of sp³-hybridized carbons (Fsp3) is 0.526. The minimum absolute atomic E-state index is 0.00132. The van der Waals surface area contributed by atoms with E-state index in [0.29, 0.717) is 11.6 Å². The molecule has 136 valence electrons. The zero-order valence-electron chi connectivity index (χ0n) is 14.3. The van der Waals surface area contributed by atoms with E-state index in [1.807, 2.05) is 0 Å². The summed E-state index contributed by atoms with van der Waals surface area (Å²) in [7, 11) is 0. The van der Waals surface area contributed by atoms with Crippen LogP contribution in [0.1, 0.15) is 56.9 Å². The van der Waals surface area contributed by atoms with E-state index in [1.165, 1.54) is 31.2 Å². The summed E-state index contributed by atoms with van der Waals surface area (Å²) >= 11 is 0. The van der Waals surface area contributed by atoms with Gasteiger partial charge >= 0.3 is 6.18 Å². The second kappa shape index (κ2) is 6.83. The summed E-state index contributed by atoms with van der Waals surface area (Å²) in [6, 6.07) is 5.66. The number of aromatic nitrogens is 1. The van der Waals surface area contributed by atoms with Gasteiger partial charge in [0.05, 0.1) is 23.4 Å². The van der Waals surface area contributed by atoms with Gasteiger partial charge in [-0.2, -0.15) is 13.2 Å². The van der Waals surface area contributed by atoms with Crippen molar-refractivity contribution < 1.29 is 23.0 Å². The van der Waals surface area contributed by atoms with Crippen LogP contribution in [-0.4, -0.2) is 16.2 Å². The fourth-order valence-electron chi connectivity index (χ4n) is 3.35. The average Bonchev–Trinajstić information content (AvgIpc) is 2.55. The van der Waals surface area contributed by atoms with Gasteiger partial charge in [0.15, 0.2) is 0 Å². The molecule has 0 saturated heterocycles. The summed E-state index contributed by atoms with van der Waals surface area (Å²) in [5, 5.41) is 9.59. The number of aliphatic hydroxyl groups excluding tert-OH is 1. The molecule has 1 saturated carbocycles. The molecule has 25 heavy (non-hydrogen) atoms. The highest BCUT2D eigenvalue weighted by molar-refractivity contribution is 5.85. The molecule has 1 fully saturated rings. The normalized spacial score (nSPS) is 22.8. The van der Waals surface area contributed by atoms with Gasteiger partial charge in [0.2, 0.25) is 0 Å². The van der Waals surface area contributed by atoms with E-state index in [-0.39, 0.29) is 22.8 Å². The van der Waals surface area contributed by atoms with Crippen LogP contribution in [0.25, 0.3) is 10.9 Å². The maximum atomic E-state index is 13.7. The smallest absolute Gasteiger partial charge is 0.420 e. The van der Waals surface area contributed by atoms with E-state index in [9.17, 15) is 18.3 Å². The third-order valence-electron chi connectivity index (χ3n) is 4.82. The molecule has 3 rings (SSSR count). The van der Waals surface area contributed by atoms with Crippen molar-refractivity contribution in [3.05, 3.63) is 35.5 Å². The Morgan fingerprint density at radius 2 is 1.80 bits per heavy atom. The Hall–Kier alpha value is -1.82. The monoisotopic (exact) mass is 353 g/mol. The summed E-state index contributed by atoms with van der Waals surface area (Å²) in [4.78, 5) is 4.14. The van der Waals surface area contributed by atoms with Crippen molar-refractivity contribution in [2.24, 2.45) is 5.92 Å². The quantitative estimate of drug-likeness (QED) is 0.818. The van der Waals surface area contributed by atoms with E-state index >= 15 is 0 Å². The van der Waals surface area contributed by atoms with Crippen molar-refractivity contribution >= 4 is 10.9 Å². The molecule has 6 heteroatoms. The number of halogens is 3. The topological polar surface area (TPSA) is 42.4 Å². The molecule has 2 aromatic rings. The minimum Gasteiger partial charge on any atom is -0.490 e. The maximum Gasteiger partial charge on any atom is 0.420 e. The van der Waals surface area contributed by atoms with E-state index in [4.69, 9.17) is 4.74 Å². The molecule has 0 bridgehead atoms. The van der Waals surface area contributed by atoms with Crippen LogP contribution < -0.4 is 4.74 Å². The highest BCUT2D eigenvalue weighted by Gasteiger charge is 2.37. The summed E-state index contributed by atoms with van der Waals surface area (Å²) in [5.41, 5.74) is -0.237. The fourth-order valence-corrected chi connectivity index (χ4v) is 3.35. The first-order valence-electron chi connectivity index (χ1n) is 8.61. The average molecular weight is 353 g/mol. The third kappa shape index (κ3) is 3.89. The van der Waals surface area contributed by atoms with Gasteiger partial charge in [-0.1, -0.05) is 13.0 Å². The van der Waals surface area contributed by atoms with Gasteiger partial charge in [-0.3, -0.25) is 4.98 Å². The second-order valence-electron chi connectivity index (χ2n) is 6.91. The first-order valence-corrected chi connectivity index (χ1v) is 8.61. The van der Waals surface area contributed by atoms with Gasteiger partial charge < -0.3 is 9.84 Å². The van der Waals surface area contributed by atoms with Crippen LogP contribution in [0.3, 0.4) is 0 Å². The van der Waals surface area contributed by atoms with Crippen molar-refractivity contribution in [1.29, 1.82) is 0 Å². The Kier molecular flexibility index (Phi) is 4.91. The van der Waals surface area contributed by atoms with Crippen molar-refractivity contribution in [2.75, 3.05) is 0 Å². The van der Waals surface area contributed by atoms with Crippen molar-refractivity contribution in [3.63, 3.8) is 0 Å². The lowest BCUT2D eigenvalue weighted by atomic mass is 9.89. The van der Waals surface area contributed by atoms with Gasteiger partial charge in [0.25, 0.3) is 0 Å². The highest BCUT2D eigenvalue weighted by atomic mass is 19.4. The maximum absolute atomic E-state index is 13.7. The molecule has 1 aliphatic carbocycles. The van der Waals surface area contributed by atoms with Gasteiger partial charge in [0, 0.05) is 5.39 Å². The van der Waals surface area contributed by atoms with Gasteiger partial charge in [0.1, 0.15) is 11.3 Å². The third-order valence-corrected chi connectivity index (χ3v) is 4.82. The van der Waals surface area contributed by atoms with Crippen molar-refractivity contribution in [1.82, 2.24) is 4.98 Å².